The molecule has 0 saturated heterocycles. The zero-order valence-electron chi connectivity index (χ0n) is 15.5. The van der Waals surface area contributed by atoms with Crippen molar-refractivity contribution in [2.24, 2.45) is 0 Å². The SMILES string of the molecule is CN(C)C(=O)[O-].CN(C)C(=O)[O-].CN(C)C(=O)[O-].CN(C)C(=O)[O-].[Mo+4]. The Balaban J connectivity index is -0.0000000702. The predicted octanol–water partition coefficient (Wildman–Crippen LogP) is -4.44. The Bertz CT molecular complexity index is 317. The molecule has 0 spiro atoms. The molecular weight excluding hydrogens is 424 g/mol. The number of carboxylic acid groups (broad SMARTS) is 4. The molecule has 0 aromatic heterocycles. The molecule has 13 heteroatoms. The minimum Gasteiger partial charge on any atom is -0.530 e. The fraction of sp³-hybridized carbons (Fsp3) is 0.667. The van der Waals surface area contributed by atoms with E-state index < -0.39 is 24.4 Å². The van der Waals surface area contributed by atoms with E-state index in [1.54, 1.807) is 0 Å². The third-order valence-corrected chi connectivity index (χ3v) is 1.46. The van der Waals surface area contributed by atoms with Gasteiger partial charge in [-0.15, -0.1) is 0 Å². The van der Waals surface area contributed by atoms with Crippen molar-refractivity contribution in [3.05, 3.63) is 0 Å². The van der Waals surface area contributed by atoms with E-state index in [4.69, 9.17) is 0 Å². The Kier molecular flexibility index (Phi) is 27.1. The summed E-state index contributed by atoms with van der Waals surface area (Å²) in [6, 6.07) is 0. The van der Waals surface area contributed by atoms with Crippen LogP contribution >= 0.6 is 0 Å². The number of hydrogen-bond donors (Lipinski definition) is 0. The molecule has 0 aliphatic carbocycles. The molecule has 0 saturated carbocycles. The van der Waals surface area contributed by atoms with Gasteiger partial charge in [-0.1, -0.05) is 0 Å². The van der Waals surface area contributed by atoms with E-state index in [0.717, 1.165) is 19.6 Å². The second-order valence-corrected chi connectivity index (χ2v) is 4.64. The molecule has 0 radical (unpaired) electrons. The number of rotatable bonds is 0. The van der Waals surface area contributed by atoms with E-state index in [9.17, 15) is 39.6 Å². The van der Waals surface area contributed by atoms with Crippen molar-refractivity contribution in [3.8, 4) is 0 Å². The topological polar surface area (TPSA) is 173 Å². The Hall–Kier alpha value is -2.23. The number of amides is 4. The smallest absolute Gasteiger partial charge is 0.530 e. The van der Waals surface area contributed by atoms with Gasteiger partial charge >= 0.3 is 21.1 Å². The predicted molar refractivity (Wildman–Crippen MR) is 76.3 cm³/mol. The van der Waals surface area contributed by atoms with E-state index in [0.29, 0.717) is 0 Å². The van der Waals surface area contributed by atoms with Crippen molar-refractivity contribution in [2.75, 3.05) is 56.4 Å². The second kappa shape index (κ2) is 19.8. The Labute approximate surface area is 161 Å². The second-order valence-electron chi connectivity index (χ2n) is 4.64. The van der Waals surface area contributed by atoms with Crippen molar-refractivity contribution < 1.29 is 60.7 Å². The number of hydrogen-bond acceptors (Lipinski definition) is 8. The molecule has 0 N–H and O–H groups in total. The summed E-state index contributed by atoms with van der Waals surface area (Å²) in [5, 5.41) is 38.1. The van der Waals surface area contributed by atoms with Gasteiger partial charge in [-0.2, -0.15) is 0 Å². The molecule has 0 bridgehead atoms. The summed E-state index contributed by atoms with van der Waals surface area (Å²) >= 11 is 0. The summed E-state index contributed by atoms with van der Waals surface area (Å²) in [5.41, 5.74) is 0. The summed E-state index contributed by atoms with van der Waals surface area (Å²) in [5.74, 6) is 0. The van der Waals surface area contributed by atoms with Crippen LogP contribution in [0, 0.1) is 0 Å². The number of carbonyl (C=O) groups is 4. The minimum atomic E-state index is -1.16. The monoisotopic (exact) mass is 450 g/mol. The van der Waals surface area contributed by atoms with Gasteiger partial charge in [0.05, 0.1) is 0 Å². The maximum absolute atomic E-state index is 9.51. The van der Waals surface area contributed by atoms with Crippen molar-refractivity contribution in [3.63, 3.8) is 0 Å². The Morgan fingerprint density at radius 3 is 0.480 bits per heavy atom. The summed E-state index contributed by atoms with van der Waals surface area (Å²) in [6.07, 6.45) is -4.63. The van der Waals surface area contributed by atoms with Gasteiger partial charge in [0.1, 0.15) is 24.4 Å². The van der Waals surface area contributed by atoms with E-state index in [1.165, 1.54) is 56.4 Å². The van der Waals surface area contributed by atoms with Gasteiger partial charge in [0, 0.05) is 56.4 Å². The van der Waals surface area contributed by atoms with Crippen LogP contribution in [0.5, 0.6) is 0 Å². The van der Waals surface area contributed by atoms with Crippen LogP contribution in [0.15, 0.2) is 0 Å². The zero-order chi connectivity index (χ0) is 20.6. The summed E-state index contributed by atoms with van der Waals surface area (Å²) in [6.45, 7) is 0. The van der Waals surface area contributed by atoms with E-state index in [-0.39, 0.29) is 21.1 Å². The van der Waals surface area contributed by atoms with Gasteiger partial charge in [0.2, 0.25) is 0 Å². The van der Waals surface area contributed by atoms with Crippen LogP contribution in [0.3, 0.4) is 0 Å². The molecule has 0 fully saturated rings. The van der Waals surface area contributed by atoms with Crippen LogP contribution in [0.2, 0.25) is 0 Å². The third-order valence-electron chi connectivity index (χ3n) is 1.46. The summed E-state index contributed by atoms with van der Waals surface area (Å²) < 4.78 is 0. The normalized spacial score (nSPS) is 7.36. The first-order valence-electron chi connectivity index (χ1n) is 6.11. The zero-order valence-corrected chi connectivity index (χ0v) is 17.5. The molecule has 0 rings (SSSR count). The fourth-order valence-electron chi connectivity index (χ4n) is 0. The van der Waals surface area contributed by atoms with Crippen LogP contribution in [0.1, 0.15) is 0 Å². The quantitative estimate of drug-likeness (QED) is 0.334. The summed E-state index contributed by atoms with van der Waals surface area (Å²) in [4.78, 5) is 41.9. The molecule has 146 valence electrons. The van der Waals surface area contributed by atoms with Gasteiger partial charge < -0.3 is 59.2 Å². The van der Waals surface area contributed by atoms with Crippen LogP contribution in [0.25, 0.3) is 0 Å². The standard InChI is InChI=1S/4C3H7NO2.Mo/c4*1-4(2)3(5)6;/h4*1-2H3,(H,5,6);/q;;;;+4/p-4. The molecule has 0 unspecified atom stereocenters. The number of carbonyl (C=O) groups excluding carboxylic acids is 4. The van der Waals surface area contributed by atoms with E-state index in [1.807, 2.05) is 0 Å². The maximum atomic E-state index is 9.51. The molecule has 0 aliphatic rings. The molecule has 12 nitrogen and oxygen atoms in total. The largest absolute Gasteiger partial charge is 4.00 e. The first-order valence-corrected chi connectivity index (χ1v) is 6.11. The number of nitrogens with zero attached hydrogens (tertiary/aromatic N) is 4. The Morgan fingerprint density at radius 1 is 0.440 bits per heavy atom. The van der Waals surface area contributed by atoms with Crippen LogP contribution in [-0.4, -0.2) is 100 Å². The van der Waals surface area contributed by atoms with Gasteiger partial charge in [-0.3, -0.25) is 0 Å². The van der Waals surface area contributed by atoms with Gasteiger partial charge in [0.25, 0.3) is 0 Å². The average Bonchev–Trinajstić information content (AvgIpc) is 2.40. The minimum absolute atomic E-state index is 0. The molecule has 25 heavy (non-hydrogen) atoms. The van der Waals surface area contributed by atoms with Gasteiger partial charge in [-0.25, -0.2) is 0 Å². The third kappa shape index (κ3) is 44.9. The first kappa shape index (κ1) is 34.2. The van der Waals surface area contributed by atoms with Crippen LogP contribution in [-0.2, 0) is 21.1 Å². The fourth-order valence-corrected chi connectivity index (χ4v) is 0. The van der Waals surface area contributed by atoms with Gasteiger partial charge in [-0.05, 0) is 0 Å². The molecule has 0 atom stereocenters. The summed E-state index contributed by atoms with van der Waals surface area (Å²) in [7, 11) is 11.3. The molecule has 0 heterocycles. The molecule has 0 aliphatic heterocycles. The molecular formula is C12H24MoN4O8. The van der Waals surface area contributed by atoms with Gasteiger partial charge in [0.15, 0.2) is 0 Å². The van der Waals surface area contributed by atoms with Crippen molar-refractivity contribution in [1.29, 1.82) is 0 Å². The molecule has 0 aromatic rings. The van der Waals surface area contributed by atoms with Crippen molar-refractivity contribution >= 4 is 24.4 Å². The Morgan fingerprint density at radius 2 is 0.480 bits per heavy atom. The maximum Gasteiger partial charge on any atom is 4.00 e. The van der Waals surface area contributed by atoms with E-state index >= 15 is 0 Å². The average molecular weight is 448 g/mol. The van der Waals surface area contributed by atoms with E-state index in [2.05, 4.69) is 0 Å². The van der Waals surface area contributed by atoms with Crippen molar-refractivity contribution in [2.45, 2.75) is 0 Å². The van der Waals surface area contributed by atoms with Crippen molar-refractivity contribution in [1.82, 2.24) is 19.6 Å². The van der Waals surface area contributed by atoms with Crippen LogP contribution in [0.4, 0.5) is 19.2 Å². The molecule has 0 aromatic carbocycles. The first-order chi connectivity index (χ1) is 10.6. The van der Waals surface area contributed by atoms with Crippen LogP contribution < -0.4 is 20.4 Å². The molecule has 4 amide bonds.